The molecule has 0 fully saturated rings. The van der Waals surface area contributed by atoms with E-state index in [1.165, 1.54) is 24.4 Å². The Balaban J connectivity index is 1.45. The van der Waals surface area contributed by atoms with E-state index in [2.05, 4.69) is 15.4 Å². The lowest BCUT2D eigenvalue weighted by atomic mass is 10.1. The number of anilines is 1. The molecule has 1 N–H and O–H groups in total. The van der Waals surface area contributed by atoms with Gasteiger partial charge in [-0.1, -0.05) is 47.5 Å². The number of nitrogens with one attached hydrogen (secondary N) is 1. The second kappa shape index (κ2) is 9.30. The summed E-state index contributed by atoms with van der Waals surface area (Å²) in [5.41, 5.74) is 4.50. The maximum absolute atomic E-state index is 13.2. The van der Waals surface area contributed by atoms with Gasteiger partial charge in [-0.25, -0.2) is 9.50 Å². The number of fused-ring (bicyclic) bond motifs is 1. The molecule has 0 saturated heterocycles. The van der Waals surface area contributed by atoms with Crippen LogP contribution in [0.2, 0.25) is 0 Å². The van der Waals surface area contributed by atoms with Gasteiger partial charge in [-0.05, 0) is 32.0 Å². The van der Waals surface area contributed by atoms with Gasteiger partial charge in [-0.2, -0.15) is 5.10 Å². The van der Waals surface area contributed by atoms with Gasteiger partial charge >= 0.3 is 0 Å². The molecule has 178 valence electrons. The summed E-state index contributed by atoms with van der Waals surface area (Å²) in [6.07, 6.45) is 3.04. The summed E-state index contributed by atoms with van der Waals surface area (Å²) in [5.74, 6) is 0.247. The predicted molar refractivity (Wildman–Crippen MR) is 135 cm³/mol. The highest BCUT2D eigenvalue weighted by Crippen LogP contribution is 2.30. The summed E-state index contributed by atoms with van der Waals surface area (Å²) in [4.78, 5) is 28.5. The summed E-state index contributed by atoms with van der Waals surface area (Å²) < 4.78 is 7.39. The van der Waals surface area contributed by atoms with Crippen molar-refractivity contribution >= 4 is 22.9 Å². The largest absolute Gasteiger partial charge is 0.457 e. The van der Waals surface area contributed by atoms with E-state index in [0.717, 1.165) is 22.4 Å². The minimum Gasteiger partial charge on any atom is -0.457 e. The van der Waals surface area contributed by atoms with Gasteiger partial charge in [0.2, 0.25) is 0 Å². The average molecular weight is 479 g/mol. The molecule has 9 heteroatoms. The van der Waals surface area contributed by atoms with Crippen LogP contribution >= 0.6 is 0 Å². The monoisotopic (exact) mass is 479 g/mol. The number of aryl methyl sites for hydroxylation is 2. The van der Waals surface area contributed by atoms with Crippen molar-refractivity contribution in [2.75, 3.05) is 5.32 Å². The fraction of sp³-hybridized carbons (Fsp3) is 0.0741. The maximum Gasteiger partial charge on any atom is 0.275 e. The zero-order valence-electron chi connectivity index (χ0n) is 19.5. The van der Waals surface area contributed by atoms with Crippen LogP contribution in [0.1, 0.15) is 21.5 Å². The summed E-state index contributed by atoms with van der Waals surface area (Å²) in [5, 5.41) is 18.6. The van der Waals surface area contributed by atoms with Crippen LogP contribution in [0.25, 0.3) is 16.9 Å². The van der Waals surface area contributed by atoms with Crippen LogP contribution in [0.5, 0.6) is 11.5 Å². The van der Waals surface area contributed by atoms with E-state index < -0.39 is 10.8 Å². The minimum atomic E-state index is -0.539. The number of aromatic nitrogens is 3. The summed E-state index contributed by atoms with van der Waals surface area (Å²) in [7, 11) is 0. The summed E-state index contributed by atoms with van der Waals surface area (Å²) in [6.45, 7) is 3.96. The highest BCUT2D eigenvalue weighted by molar-refractivity contribution is 6.08. The van der Waals surface area contributed by atoms with Crippen molar-refractivity contribution < 1.29 is 14.5 Å². The Labute approximate surface area is 206 Å². The highest BCUT2D eigenvalue weighted by Gasteiger charge is 2.19. The van der Waals surface area contributed by atoms with Crippen molar-refractivity contribution in [1.29, 1.82) is 0 Å². The number of hydrogen-bond acceptors (Lipinski definition) is 6. The second-order valence-electron chi connectivity index (χ2n) is 8.33. The van der Waals surface area contributed by atoms with Crippen LogP contribution in [0.3, 0.4) is 0 Å². The number of ether oxygens (including phenoxy) is 1. The molecule has 0 aliphatic heterocycles. The van der Waals surface area contributed by atoms with E-state index in [-0.39, 0.29) is 22.7 Å². The zero-order valence-corrected chi connectivity index (χ0v) is 19.5. The van der Waals surface area contributed by atoms with Gasteiger partial charge in [-0.3, -0.25) is 14.9 Å². The van der Waals surface area contributed by atoms with Gasteiger partial charge in [0, 0.05) is 23.9 Å². The molecule has 0 bridgehead atoms. The standard InChI is InChI=1S/C27H21N5O4/c1-17-3-7-19(8-4-17)25-11-12-28-26-24(16-29-31(25)26)27(33)30-20-13-21(32(34)35)15-23(14-20)36-22-9-5-18(2)6-10-22/h3-16H,1-2H3,(H,30,33). The Morgan fingerprint density at radius 1 is 0.944 bits per heavy atom. The molecule has 5 rings (SSSR count). The zero-order chi connectivity index (χ0) is 25.2. The lowest BCUT2D eigenvalue weighted by molar-refractivity contribution is -0.384. The molecule has 0 unspecified atom stereocenters. The first-order valence-corrected chi connectivity index (χ1v) is 11.1. The fourth-order valence-corrected chi connectivity index (χ4v) is 3.76. The second-order valence-corrected chi connectivity index (χ2v) is 8.33. The number of nitro groups is 1. The summed E-state index contributed by atoms with van der Waals surface area (Å²) in [6, 6.07) is 21.2. The number of amides is 1. The molecule has 2 heterocycles. The molecule has 0 aliphatic rings. The van der Waals surface area contributed by atoms with Gasteiger partial charge in [0.1, 0.15) is 17.1 Å². The number of non-ortho nitro benzene ring substituents is 1. The number of hydrogen-bond donors (Lipinski definition) is 1. The van der Waals surface area contributed by atoms with Crippen molar-refractivity contribution in [2.24, 2.45) is 0 Å². The molecular weight excluding hydrogens is 458 g/mol. The molecule has 0 aliphatic carbocycles. The topological polar surface area (TPSA) is 112 Å². The smallest absolute Gasteiger partial charge is 0.275 e. The quantitative estimate of drug-likeness (QED) is 0.237. The Morgan fingerprint density at radius 3 is 2.33 bits per heavy atom. The Hall–Kier alpha value is -5.05. The third-order valence-electron chi connectivity index (χ3n) is 5.61. The number of carbonyl (C=O) groups is 1. The van der Waals surface area contributed by atoms with Gasteiger partial charge in [0.05, 0.1) is 28.6 Å². The average Bonchev–Trinajstić information content (AvgIpc) is 3.30. The number of carbonyl (C=O) groups excluding carboxylic acids is 1. The van der Waals surface area contributed by atoms with E-state index in [0.29, 0.717) is 11.4 Å². The molecule has 0 saturated carbocycles. The molecule has 1 amide bonds. The minimum absolute atomic E-state index is 0.213. The van der Waals surface area contributed by atoms with Gasteiger partial charge in [0.25, 0.3) is 11.6 Å². The van der Waals surface area contributed by atoms with E-state index in [1.807, 2.05) is 56.3 Å². The SMILES string of the molecule is Cc1ccc(Oc2cc(NC(=O)c3cnn4c(-c5ccc(C)cc5)ccnc34)cc([N+](=O)[O-])c2)cc1. The Morgan fingerprint density at radius 2 is 1.64 bits per heavy atom. The van der Waals surface area contributed by atoms with Gasteiger partial charge in [0.15, 0.2) is 5.65 Å². The van der Waals surface area contributed by atoms with E-state index in [9.17, 15) is 14.9 Å². The molecule has 0 radical (unpaired) electrons. The van der Waals surface area contributed by atoms with Crippen LogP contribution in [0.15, 0.2) is 85.2 Å². The van der Waals surface area contributed by atoms with Gasteiger partial charge in [-0.15, -0.1) is 0 Å². The molecular formula is C27H21N5O4. The Bertz CT molecular complexity index is 1590. The Kier molecular flexibility index (Phi) is 5.87. The number of nitro benzene ring substituents is 1. The van der Waals surface area contributed by atoms with Crippen LogP contribution in [0, 0.1) is 24.0 Å². The number of rotatable bonds is 6. The fourth-order valence-electron chi connectivity index (χ4n) is 3.76. The molecule has 0 spiro atoms. The van der Waals surface area contributed by atoms with E-state index in [4.69, 9.17) is 4.74 Å². The highest BCUT2D eigenvalue weighted by atomic mass is 16.6. The van der Waals surface area contributed by atoms with E-state index in [1.54, 1.807) is 22.8 Å². The lowest BCUT2D eigenvalue weighted by Crippen LogP contribution is -2.12. The van der Waals surface area contributed by atoms with Crippen molar-refractivity contribution in [3.05, 3.63) is 112 Å². The van der Waals surface area contributed by atoms with E-state index >= 15 is 0 Å². The first kappa shape index (κ1) is 22.7. The van der Waals surface area contributed by atoms with Gasteiger partial charge < -0.3 is 10.1 Å². The van der Waals surface area contributed by atoms with Crippen molar-refractivity contribution in [2.45, 2.75) is 13.8 Å². The van der Waals surface area contributed by atoms with Crippen LogP contribution in [-0.2, 0) is 0 Å². The normalized spacial score (nSPS) is 10.8. The molecule has 9 nitrogen and oxygen atoms in total. The number of nitrogens with zero attached hydrogens (tertiary/aromatic N) is 4. The van der Waals surface area contributed by atoms with Crippen molar-refractivity contribution in [3.8, 4) is 22.8 Å². The molecule has 5 aromatic rings. The summed E-state index contributed by atoms with van der Waals surface area (Å²) >= 11 is 0. The molecule has 2 aromatic heterocycles. The van der Waals surface area contributed by atoms with Crippen LogP contribution < -0.4 is 10.1 Å². The first-order chi connectivity index (χ1) is 17.4. The third kappa shape index (κ3) is 4.62. The molecule has 0 atom stereocenters. The lowest BCUT2D eigenvalue weighted by Gasteiger charge is -2.10. The predicted octanol–water partition coefficient (Wildman–Crippen LogP) is 5.97. The maximum atomic E-state index is 13.2. The van der Waals surface area contributed by atoms with Crippen molar-refractivity contribution in [1.82, 2.24) is 14.6 Å². The van der Waals surface area contributed by atoms with Crippen molar-refractivity contribution in [3.63, 3.8) is 0 Å². The van der Waals surface area contributed by atoms with Crippen LogP contribution in [-0.4, -0.2) is 25.4 Å². The molecule has 3 aromatic carbocycles. The first-order valence-electron chi connectivity index (χ1n) is 11.1. The third-order valence-corrected chi connectivity index (χ3v) is 5.61. The molecule has 36 heavy (non-hydrogen) atoms. The number of benzene rings is 3. The van der Waals surface area contributed by atoms with Crippen LogP contribution in [0.4, 0.5) is 11.4 Å².